The van der Waals surface area contributed by atoms with Gasteiger partial charge in [-0.25, -0.2) is 0 Å². The number of thiocarbonyl (C=S) groups is 1. The number of carbonyl (C=O) groups excluding carboxylic acids is 2. The van der Waals surface area contributed by atoms with Crippen LogP contribution in [0.15, 0.2) is 46.9 Å². The summed E-state index contributed by atoms with van der Waals surface area (Å²) >= 11 is 6.60. The van der Waals surface area contributed by atoms with E-state index >= 15 is 0 Å². The molecule has 1 aliphatic heterocycles. The number of hydrogen-bond acceptors (Lipinski definition) is 5. The van der Waals surface area contributed by atoms with Gasteiger partial charge in [-0.3, -0.25) is 14.5 Å². The molecule has 0 bridgehead atoms. The van der Waals surface area contributed by atoms with Crippen molar-refractivity contribution in [3.05, 3.63) is 52.4 Å². The van der Waals surface area contributed by atoms with E-state index in [0.717, 1.165) is 11.1 Å². The molecule has 6 heteroatoms. The molecule has 0 radical (unpaired) electrons. The van der Waals surface area contributed by atoms with Gasteiger partial charge in [-0.2, -0.15) is 0 Å². The molecule has 1 heterocycles. The number of benzene rings is 1. The highest BCUT2D eigenvalue weighted by atomic mass is 32.2. The van der Waals surface area contributed by atoms with E-state index in [1.54, 1.807) is 11.8 Å². The third-order valence-corrected chi connectivity index (χ3v) is 4.87. The van der Waals surface area contributed by atoms with E-state index in [2.05, 4.69) is 0 Å². The molecule has 2 rings (SSSR count). The number of hydrogen-bond donors (Lipinski definition) is 0. The first-order valence-electron chi connectivity index (χ1n) is 8.15. The molecule has 0 saturated carbocycles. The van der Waals surface area contributed by atoms with Gasteiger partial charge in [0.05, 0.1) is 11.5 Å². The Morgan fingerprint density at radius 2 is 2.04 bits per heavy atom. The Morgan fingerprint density at radius 1 is 1.32 bits per heavy atom. The van der Waals surface area contributed by atoms with Gasteiger partial charge in [0.25, 0.3) is 5.91 Å². The number of rotatable bonds is 7. The molecule has 0 spiro atoms. The van der Waals surface area contributed by atoms with Gasteiger partial charge in [0.2, 0.25) is 0 Å². The topological polar surface area (TPSA) is 46.6 Å². The summed E-state index contributed by atoms with van der Waals surface area (Å²) in [6.45, 7) is 4.54. The Labute approximate surface area is 157 Å². The molecule has 0 N–H and O–H groups in total. The van der Waals surface area contributed by atoms with E-state index in [1.807, 2.05) is 49.4 Å². The first-order valence-corrected chi connectivity index (χ1v) is 9.38. The van der Waals surface area contributed by atoms with Crippen LogP contribution in [0, 0.1) is 0 Å². The quantitative estimate of drug-likeness (QED) is 0.406. The molecule has 1 aliphatic rings. The zero-order chi connectivity index (χ0) is 18.2. The maximum absolute atomic E-state index is 12.5. The third kappa shape index (κ3) is 5.83. The van der Waals surface area contributed by atoms with Crippen LogP contribution in [0.1, 0.15) is 32.3 Å². The number of allylic oxidation sites excluding steroid dienone is 2. The van der Waals surface area contributed by atoms with Crippen LogP contribution in [0.25, 0.3) is 6.08 Å². The number of thioether (sulfide) groups is 1. The lowest BCUT2D eigenvalue weighted by molar-refractivity contribution is -0.143. The highest BCUT2D eigenvalue weighted by Gasteiger charge is 2.31. The van der Waals surface area contributed by atoms with Crippen LogP contribution in [0.2, 0.25) is 0 Å². The maximum Gasteiger partial charge on any atom is 0.305 e. The summed E-state index contributed by atoms with van der Waals surface area (Å²) in [4.78, 5) is 26.1. The van der Waals surface area contributed by atoms with Crippen LogP contribution in [0.5, 0.6) is 0 Å². The molecule has 4 nitrogen and oxygen atoms in total. The normalized spacial score (nSPS) is 16.6. The molecule has 0 aliphatic carbocycles. The Balaban J connectivity index is 1.97. The monoisotopic (exact) mass is 375 g/mol. The van der Waals surface area contributed by atoms with Gasteiger partial charge in [-0.05, 0) is 37.5 Å². The fraction of sp³-hybridized carbons (Fsp3) is 0.316. The van der Waals surface area contributed by atoms with Gasteiger partial charge in [-0.1, -0.05) is 60.4 Å². The van der Waals surface area contributed by atoms with Crippen molar-refractivity contribution in [3.8, 4) is 0 Å². The standard InChI is InChI=1S/C19H21NO3S2/c1-3-23-17(21)10-7-11-20-18(22)16(25-19(20)24)13-14(2)12-15-8-5-4-6-9-15/h4-6,8-9,12-13H,3,7,10-11H2,1-2H3/b14-12+,16-13-. The first-order chi connectivity index (χ1) is 12.0. The molecule has 1 aromatic carbocycles. The van der Waals surface area contributed by atoms with Crippen molar-refractivity contribution in [1.82, 2.24) is 4.90 Å². The predicted molar refractivity (Wildman–Crippen MR) is 106 cm³/mol. The second-order valence-electron chi connectivity index (χ2n) is 5.54. The summed E-state index contributed by atoms with van der Waals surface area (Å²) in [5.74, 6) is -0.343. The molecular formula is C19H21NO3S2. The fourth-order valence-electron chi connectivity index (χ4n) is 2.37. The van der Waals surface area contributed by atoms with Gasteiger partial charge in [0.15, 0.2) is 0 Å². The Morgan fingerprint density at radius 3 is 2.72 bits per heavy atom. The third-order valence-electron chi connectivity index (χ3n) is 3.49. The number of carbonyl (C=O) groups is 2. The van der Waals surface area contributed by atoms with Gasteiger partial charge < -0.3 is 4.74 Å². The second-order valence-corrected chi connectivity index (χ2v) is 7.22. The molecule has 25 heavy (non-hydrogen) atoms. The van der Waals surface area contributed by atoms with Crippen molar-refractivity contribution in [3.63, 3.8) is 0 Å². The Bertz CT molecular complexity index is 711. The zero-order valence-corrected chi connectivity index (χ0v) is 16.0. The molecular weight excluding hydrogens is 354 g/mol. The molecule has 1 saturated heterocycles. The van der Waals surface area contributed by atoms with Crippen molar-refractivity contribution in [2.24, 2.45) is 0 Å². The number of nitrogens with zero attached hydrogens (tertiary/aromatic N) is 1. The van der Waals surface area contributed by atoms with Crippen molar-refractivity contribution in [1.29, 1.82) is 0 Å². The molecule has 0 aromatic heterocycles. The first kappa shape index (κ1) is 19.4. The second kappa shape index (κ2) is 9.53. The minimum atomic E-state index is -0.245. The van der Waals surface area contributed by atoms with Crippen LogP contribution >= 0.6 is 24.0 Å². The lowest BCUT2D eigenvalue weighted by Gasteiger charge is -2.13. The summed E-state index contributed by atoms with van der Waals surface area (Å²) in [7, 11) is 0. The van der Waals surface area contributed by atoms with Crippen LogP contribution in [-0.2, 0) is 14.3 Å². The molecule has 132 valence electrons. The minimum Gasteiger partial charge on any atom is -0.466 e. The Kier molecular flexibility index (Phi) is 7.40. The van der Waals surface area contributed by atoms with Gasteiger partial charge in [0.1, 0.15) is 4.32 Å². The van der Waals surface area contributed by atoms with E-state index in [1.165, 1.54) is 11.8 Å². The SMILES string of the molecule is CCOC(=O)CCCN1C(=O)/C(=C/C(C)=C/c2ccccc2)SC1=S. The van der Waals surface area contributed by atoms with Gasteiger partial charge >= 0.3 is 5.97 Å². The lowest BCUT2D eigenvalue weighted by atomic mass is 10.1. The summed E-state index contributed by atoms with van der Waals surface area (Å²) in [5, 5.41) is 0. The molecule has 1 fully saturated rings. The number of amides is 1. The largest absolute Gasteiger partial charge is 0.466 e. The van der Waals surface area contributed by atoms with Crippen LogP contribution in [0.4, 0.5) is 0 Å². The lowest BCUT2D eigenvalue weighted by Crippen LogP contribution is -2.29. The van der Waals surface area contributed by atoms with Gasteiger partial charge in [-0.15, -0.1) is 0 Å². The average Bonchev–Trinajstić information content (AvgIpc) is 2.83. The van der Waals surface area contributed by atoms with Crippen molar-refractivity contribution in [2.45, 2.75) is 26.7 Å². The Hall–Kier alpha value is -1.92. The molecule has 1 amide bonds. The minimum absolute atomic E-state index is 0.0975. The molecule has 0 atom stereocenters. The number of ether oxygens (including phenoxy) is 1. The van der Waals surface area contributed by atoms with Gasteiger partial charge in [0, 0.05) is 13.0 Å². The highest BCUT2D eigenvalue weighted by molar-refractivity contribution is 8.26. The molecule has 0 unspecified atom stereocenters. The summed E-state index contributed by atoms with van der Waals surface area (Å²) in [6.07, 6.45) is 4.71. The number of esters is 1. The average molecular weight is 376 g/mol. The highest BCUT2D eigenvalue weighted by Crippen LogP contribution is 2.32. The summed E-state index contributed by atoms with van der Waals surface area (Å²) in [5.41, 5.74) is 2.07. The van der Waals surface area contributed by atoms with Crippen LogP contribution < -0.4 is 0 Å². The van der Waals surface area contributed by atoms with E-state index in [4.69, 9.17) is 17.0 Å². The predicted octanol–water partition coefficient (Wildman–Crippen LogP) is 4.18. The van der Waals surface area contributed by atoms with E-state index in [0.29, 0.717) is 28.8 Å². The fourth-order valence-corrected chi connectivity index (χ4v) is 3.73. The van der Waals surface area contributed by atoms with E-state index in [-0.39, 0.29) is 18.3 Å². The van der Waals surface area contributed by atoms with E-state index in [9.17, 15) is 9.59 Å². The van der Waals surface area contributed by atoms with Crippen molar-refractivity contribution < 1.29 is 14.3 Å². The van der Waals surface area contributed by atoms with Crippen molar-refractivity contribution in [2.75, 3.05) is 13.2 Å². The smallest absolute Gasteiger partial charge is 0.305 e. The van der Waals surface area contributed by atoms with Crippen LogP contribution in [0.3, 0.4) is 0 Å². The molecule has 1 aromatic rings. The van der Waals surface area contributed by atoms with Crippen molar-refractivity contribution >= 4 is 46.3 Å². The summed E-state index contributed by atoms with van der Waals surface area (Å²) < 4.78 is 5.43. The maximum atomic E-state index is 12.5. The van der Waals surface area contributed by atoms with Crippen LogP contribution in [-0.4, -0.2) is 34.2 Å². The summed E-state index contributed by atoms with van der Waals surface area (Å²) in [6, 6.07) is 9.94. The zero-order valence-electron chi connectivity index (χ0n) is 14.4. The van der Waals surface area contributed by atoms with E-state index < -0.39 is 0 Å².